The Bertz CT molecular complexity index is 440. The molecule has 3 nitrogen and oxygen atoms in total. The number of anilines is 2. The van der Waals surface area contributed by atoms with Gasteiger partial charge < -0.3 is 11.1 Å². The number of amides is 1. The Kier molecular flexibility index (Phi) is 1.77. The van der Waals surface area contributed by atoms with Gasteiger partial charge in [0, 0.05) is 11.4 Å². The van der Waals surface area contributed by atoms with E-state index in [0.717, 1.165) is 34.9 Å². The lowest BCUT2D eigenvalue weighted by molar-refractivity contribution is -0.120. The van der Waals surface area contributed by atoms with Gasteiger partial charge in [-0.3, -0.25) is 4.79 Å². The third kappa shape index (κ3) is 1.32. The Morgan fingerprint density at radius 1 is 1.40 bits per heavy atom. The molecule has 15 heavy (non-hydrogen) atoms. The molecule has 4 heteroatoms. The maximum Gasteiger partial charge on any atom is 0.231 e. The second-order valence-electron chi connectivity index (χ2n) is 4.25. The van der Waals surface area contributed by atoms with Gasteiger partial charge in [0.05, 0.1) is 16.0 Å². The van der Waals surface area contributed by atoms with Gasteiger partial charge in [0.15, 0.2) is 0 Å². The third-order valence-electron chi connectivity index (χ3n) is 3.12. The number of nitrogens with two attached hydrogens (primary N) is 1. The summed E-state index contributed by atoms with van der Waals surface area (Å²) in [5.74, 6) is 1.03. The zero-order valence-corrected chi connectivity index (χ0v) is 9.06. The van der Waals surface area contributed by atoms with Crippen molar-refractivity contribution < 1.29 is 4.79 Å². The highest BCUT2D eigenvalue weighted by atomic mass is 32.2. The average Bonchev–Trinajstić information content (AvgIpc) is 2.98. The van der Waals surface area contributed by atoms with Gasteiger partial charge in [0.25, 0.3) is 0 Å². The molecule has 0 aromatic heterocycles. The molecule has 0 radical (unpaired) electrons. The van der Waals surface area contributed by atoms with Gasteiger partial charge in [-0.05, 0) is 25.0 Å². The van der Waals surface area contributed by atoms with Crippen molar-refractivity contribution >= 4 is 29.0 Å². The molecule has 78 valence electrons. The largest absolute Gasteiger partial charge is 0.398 e. The van der Waals surface area contributed by atoms with Crippen LogP contribution >= 0.6 is 11.8 Å². The van der Waals surface area contributed by atoms with E-state index < -0.39 is 0 Å². The molecule has 1 spiro atoms. The predicted molar refractivity (Wildman–Crippen MR) is 61.9 cm³/mol. The second-order valence-corrected chi connectivity index (χ2v) is 5.23. The van der Waals surface area contributed by atoms with E-state index in [1.807, 2.05) is 18.2 Å². The number of nitrogens with one attached hydrogen (secondary N) is 1. The summed E-state index contributed by atoms with van der Waals surface area (Å²) in [6, 6.07) is 5.67. The summed E-state index contributed by atoms with van der Waals surface area (Å²) in [6.45, 7) is 0. The molecule has 0 unspecified atom stereocenters. The Morgan fingerprint density at radius 3 is 2.93 bits per heavy atom. The van der Waals surface area contributed by atoms with Gasteiger partial charge in [-0.25, -0.2) is 0 Å². The van der Waals surface area contributed by atoms with Gasteiger partial charge in [0.2, 0.25) is 5.91 Å². The normalized spacial score (nSPS) is 21.7. The van der Waals surface area contributed by atoms with Gasteiger partial charge in [-0.2, -0.15) is 0 Å². The molecule has 2 aliphatic rings. The summed E-state index contributed by atoms with van der Waals surface area (Å²) in [7, 11) is 0. The van der Waals surface area contributed by atoms with Crippen molar-refractivity contribution in [3.8, 4) is 0 Å². The minimum atomic E-state index is -0.101. The lowest BCUT2D eigenvalue weighted by atomic mass is 10.1. The zero-order chi connectivity index (χ0) is 10.5. The molecular formula is C11H12N2OS. The lowest BCUT2D eigenvalue weighted by Gasteiger charge is -2.08. The smallest absolute Gasteiger partial charge is 0.231 e. The minimum absolute atomic E-state index is 0.101. The maximum atomic E-state index is 11.9. The Morgan fingerprint density at radius 2 is 2.20 bits per heavy atom. The minimum Gasteiger partial charge on any atom is -0.398 e. The fourth-order valence-corrected chi connectivity index (χ4v) is 3.22. The summed E-state index contributed by atoms with van der Waals surface area (Å²) in [5, 5.41) is 2.98. The van der Waals surface area contributed by atoms with Crippen molar-refractivity contribution in [2.75, 3.05) is 16.8 Å². The first-order valence-electron chi connectivity index (χ1n) is 5.04. The summed E-state index contributed by atoms with van der Waals surface area (Å²) >= 11 is 1.70. The fraction of sp³-hybridized carbons (Fsp3) is 0.364. The van der Waals surface area contributed by atoms with Gasteiger partial charge >= 0.3 is 0 Å². The van der Waals surface area contributed by atoms with E-state index >= 15 is 0 Å². The summed E-state index contributed by atoms with van der Waals surface area (Å²) in [6.07, 6.45) is 2.03. The van der Waals surface area contributed by atoms with E-state index in [4.69, 9.17) is 5.73 Å². The van der Waals surface area contributed by atoms with Crippen molar-refractivity contribution in [1.82, 2.24) is 0 Å². The van der Waals surface area contributed by atoms with Crippen LogP contribution in [0, 0.1) is 5.41 Å². The number of fused-ring (bicyclic) bond motifs is 1. The summed E-state index contributed by atoms with van der Waals surface area (Å²) in [4.78, 5) is 12.9. The molecular weight excluding hydrogens is 208 g/mol. The summed E-state index contributed by atoms with van der Waals surface area (Å²) < 4.78 is 0. The lowest BCUT2D eigenvalue weighted by Crippen LogP contribution is -2.24. The standard InChI is InChI=1S/C11H12N2OS/c12-7-2-1-3-8-9(7)15-6-11(4-5-11)10(14)13-8/h1-3H,4-6,12H2,(H,13,14). The first-order chi connectivity index (χ1) is 7.21. The van der Waals surface area contributed by atoms with Gasteiger partial charge in [0.1, 0.15) is 0 Å². The number of hydrogen-bond acceptors (Lipinski definition) is 3. The van der Waals surface area contributed by atoms with Crippen molar-refractivity contribution in [2.45, 2.75) is 17.7 Å². The molecule has 1 aromatic rings. The van der Waals surface area contributed by atoms with Crippen molar-refractivity contribution in [3.63, 3.8) is 0 Å². The Balaban J connectivity index is 2.04. The van der Waals surface area contributed by atoms with E-state index in [0.29, 0.717) is 0 Å². The molecule has 1 fully saturated rings. The number of nitrogen functional groups attached to an aromatic ring is 1. The average molecular weight is 220 g/mol. The molecule has 1 aromatic carbocycles. The number of rotatable bonds is 0. The molecule has 1 heterocycles. The third-order valence-corrected chi connectivity index (χ3v) is 4.56. The second kappa shape index (κ2) is 2.92. The van der Waals surface area contributed by atoms with E-state index in [1.54, 1.807) is 11.8 Å². The van der Waals surface area contributed by atoms with Crippen LogP contribution < -0.4 is 11.1 Å². The predicted octanol–water partition coefficient (Wildman–Crippen LogP) is 2.09. The molecule has 0 bridgehead atoms. The van der Waals surface area contributed by atoms with Crippen LogP contribution in [-0.4, -0.2) is 11.7 Å². The number of thioether (sulfide) groups is 1. The molecule has 1 saturated carbocycles. The molecule has 0 saturated heterocycles. The van der Waals surface area contributed by atoms with Crippen LogP contribution in [0.1, 0.15) is 12.8 Å². The van der Waals surface area contributed by atoms with E-state index in [-0.39, 0.29) is 11.3 Å². The van der Waals surface area contributed by atoms with E-state index in [9.17, 15) is 4.79 Å². The van der Waals surface area contributed by atoms with Crippen LogP contribution in [0.3, 0.4) is 0 Å². The highest BCUT2D eigenvalue weighted by Gasteiger charge is 2.51. The number of carbonyl (C=O) groups excluding carboxylic acids is 1. The molecule has 0 atom stereocenters. The molecule has 3 rings (SSSR count). The first kappa shape index (κ1) is 9.09. The number of carbonyl (C=O) groups is 1. The molecule has 1 aliphatic heterocycles. The molecule has 1 aliphatic carbocycles. The zero-order valence-electron chi connectivity index (χ0n) is 8.25. The van der Waals surface area contributed by atoms with Crippen LogP contribution in [0.5, 0.6) is 0 Å². The fourth-order valence-electron chi connectivity index (χ4n) is 1.87. The quantitative estimate of drug-likeness (QED) is 0.658. The van der Waals surface area contributed by atoms with Crippen LogP contribution in [0.25, 0.3) is 0 Å². The topological polar surface area (TPSA) is 55.1 Å². The van der Waals surface area contributed by atoms with Gasteiger partial charge in [-0.1, -0.05) is 6.07 Å². The van der Waals surface area contributed by atoms with E-state index in [1.165, 1.54) is 0 Å². The molecule has 3 N–H and O–H groups in total. The SMILES string of the molecule is Nc1cccc2c1SCC1(CC1)C(=O)N2. The van der Waals surface area contributed by atoms with Crippen LogP contribution in [0.4, 0.5) is 11.4 Å². The number of hydrogen-bond donors (Lipinski definition) is 2. The highest BCUT2D eigenvalue weighted by molar-refractivity contribution is 7.99. The van der Waals surface area contributed by atoms with Gasteiger partial charge in [-0.15, -0.1) is 11.8 Å². The first-order valence-corrected chi connectivity index (χ1v) is 6.03. The van der Waals surface area contributed by atoms with Crippen molar-refractivity contribution in [2.24, 2.45) is 5.41 Å². The number of benzene rings is 1. The van der Waals surface area contributed by atoms with Crippen LogP contribution in [0.2, 0.25) is 0 Å². The van der Waals surface area contributed by atoms with Crippen LogP contribution in [0.15, 0.2) is 23.1 Å². The van der Waals surface area contributed by atoms with Crippen LogP contribution in [-0.2, 0) is 4.79 Å². The monoisotopic (exact) mass is 220 g/mol. The summed E-state index contributed by atoms with van der Waals surface area (Å²) in [5.41, 5.74) is 7.42. The van der Waals surface area contributed by atoms with Crippen molar-refractivity contribution in [3.05, 3.63) is 18.2 Å². The highest BCUT2D eigenvalue weighted by Crippen LogP contribution is 2.53. The Labute approximate surface area is 92.4 Å². The van der Waals surface area contributed by atoms with E-state index in [2.05, 4.69) is 5.32 Å². The Hall–Kier alpha value is -1.16. The van der Waals surface area contributed by atoms with Crippen molar-refractivity contribution in [1.29, 1.82) is 0 Å². The maximum absolute atomic E-state index is 11.9. The molecule has 1 amide bonds.